The number of hydrogen-bond acceptors (Lipinski definition) is 2. The Bertz CT molecular complexity index is 293. The van der Waals surface area contributed by atoms with Gasteiger partial charge in [0.1, 0.15) is 0 Å². The highest BCUT2D eigenvalue weighted by molar-refractivity contribution is 4.99. The van der Waals surface area contributed by atoms with E-state index in [1.165, 1.54) is 31.4 Å². The second-order valence-electron chi connectivity index (χ2n) is 4.69. The van der Waals surface area contributed by atoms with E-state index in [2.05, 4.69) is 41.9 Å². The molecule has 0 amide bonds. The van der Waals surface area contributed by atoms with Gasteiger partial charge in [0.15, 0.2) is 0 Å². The molecule has 1 aromatic rings. The van der Waals surface area contributed by atoms with Crippen molar-refractivity contribution >= 4 is 0 Å². The SMILES string of the molecule is CCCCC(CC)CNCc1ccnn1CC. The highest BCUT2D eigenvalue weighted by atomic mass is 15.3. The van der Waals surface area contributed by atoms with Crippen molar-refractivity contribution in [2.24, 2.45) is 5.92 Å². The third-order valence-electron chi connectivity index (χ3n) is 3.39. The molecule has 0 radical (unpaired) electrons. The predicted octanol–water partition coefficient (Wildman–Crippen LogP) is 3.21. The van der Waals surface area contributed by atoms with Gasteiger partial charge in [-0.1, -0.05) is 33.1 Å². The first-order valence-corrected chi connectivity index (χ1v) is 7.03. The molecule has 0 aromatic carbocycles. The van der Waals surface area contributed by atoms with Gasteiger partial charge in [-0.2, -0.15) is 5.10 Å². The standard InChI is InChI=1S/C14H27N3/c1-4-7-8-13(5-2)11-15-12-14-9-10-16-17(14)6-3/h9-10,13,15H,4-8,11-12H2,1-3H3. The van der Waals surface area contributed by atoms with Gasteiger partial charge in [-0.3, -0.25) is 4.68 Å². The summed E-state index contributed by atoms with van der Waals surface area (Å²) in [5.41, 5.74) is 1.29. The zero-order valence-electron chi connectivity index (χ0n) is 11.6. The monoisotopic (exact) mass is 237 g/mol. The van der Waals surface area contributed by atoms with Gasteiger partial charge in [-0.15, -0.1) is 0 Å². The molecule has 0 bridgehead atoms. The van der Waals surface area contributed by atoms with Crippen LogP contribution < -0.4 is 5.32 Å². The van der Waals surface area contributed by atoms with Crippen LogP contribution >= 0.6 is 0 Å². The average Bonchev–Trinajstić information content (AvgIpc) is 2.81. The molecule has 1 aromatic heterocycles. The number of rotatable bonds is 9. The van der Waals surface area contributed by atoms with Gasteiger partial charge in [-0.25, -0.2) is 0 Å². The van der Waals surface area contributed by atoms with Gasteiger partial charge in [0, 0.05) is 19.3 Å². The number of hydrogen-bond donors (Lipinski definition) is 1. The minimum Gasteiger partial charge on any atom is -0.311 e. The fourth-order valence-electron chi connectivity index (χ4n) is 2.14. The van der Waals surface area contributed by atoms with Crippen LogP contribution in [0.25, 0.3) is 0 Å². The topological polar surface area (TPSA) is 29.9 Å². The van der Waals surface area contributed by atoms with Gasteiger partial charge in [0.05, 0.1) is 5.69 Å². The fourth-order valence-corrected chi connectivity index (χ4v) is 2.14. The summed E-state index contributed by atoms with van der Waals surface area (Å²) in [7, 11) is 0. The van der Waals surface area contributed by atoms with Gasteiger partial charge < -0.3 is 5.32 Å². The first-order chi connectivity index (χ1) is 8.31. The lowest BCUT2D eigenvalue weighted by Crippen LogP contribution is -2.23. The van der Waals surface area contributed by atoms with Crippen LogP contribution in [0.2, 0.25) is 0 Å². The van der Waals surface area contributed by atoms with Crippen molar-refractivity contribution in [3.63, 3.8) is 0 Å². The predicted molar refractivity (Wildman–Crippen MR) is 72.9 cm³/mol. The number of nitrogens with zero attached hydrogens (tertiary/aromatic N) is 2. The first-order valence-electron chi connectivity index (χ1n) is 7.03. The van der Waals surface area contributed by atoms with Crippen LogP contribution in [0.5, 0.6) is 0 Å². The quantitative estimate of drug-likeness (QED) is 0.714. The van der Waals surface area contributed by atoms with Crippen molar-refractivity contribution in [3.8, 4) is 0 Å². The molecule has 3 nitrogen and oxygen atoms in total. The van der Waals surface area contributed by atoms with E-state index in [1.54, 1.807) is 0 Å². The molecule has 1 N–H and O–H groups in total. The molecular formula is C14H27N3. The van der Waals surface area contributed by atoms with Crippen molar-refractivity contribution in [1.82, 2.24) is 15.1 Å². The molecule has 0 aliphatic rings. The molecule has 98 valence electrons. The Morgan fingerprint density at radius 1 is 1.35 bits per heavy atom. The van der Waals surface area contributed by atoms with E-state index in [1.807, 2.05) is 6.20 Å². The molecule has 1 heterocycles. The van der Waals surface area contributed by atoms with E-state index in [9.17, 15) is 0 Å². The second kappa shape index (κ2) is 8.29. The van der Waals surface area contributed by atoms with Crippen molar-refractivity contribution in [2.45, 2.75) is 59.5 Å². The Labute approximate surface area is 106 Å². The normalized spacial score (nSPS) is 12.9. The molecule has 0 saturated carbocycles. The van der Waals surface area contributed by atoms with E-state index >= 15 is 0 Å². The lowest BCUT2D eigenvalue weighted by Gasteiger charge is -2.15. The molecule has 3 heteroatoms. The number of nitrogens with one attached hydrogen (secondary N) is 1. The third-order valence-corrected chi connectivity index (χ3v) is 3.39. The lowest BCUT2D eigenvalue weighted by molar-refractivity contribution is 0.414. The summed E-state index contributed by atoms with van der Waals surface area (Å²) in [6, 6.07) is 2.10. The van der Waals surface area contributed by atoms with Gasteiger partial charge in [0.25, 0.3) is 0 Å². The Hall–Kier alpha value is -0.830. The van der Waals surface area contributed by atoms with Gasteiger partial charge in [-0.05, 0) is 31.9 Å². The van der Waals surface area contributed by atoms with Crippen molar-refractivity contribution < 1.29 is 0 Å². The van der Waals surface area contributed by atoms with Crippen LogP contribution in [0.15, 0.2) is 12.3 Å². The Kier molecular flexibility index (Phi) is 6.94. The van der Waals surface area contributed by atoms with Crippen molar-refractivity contribution in [1.29, 1.82) is 0 Å². The molecule has 1 unspecified atom stereocenters. The average molecular weight is 237 g/mol. The van der Waals surface area contributed by atoms with E-state index in [-0.39, 0.29) is 0 Å². The van der Waals surface area contributed by atoms with E-state index in [0.29, 0.717) is 0 Å². The minimum absolute atomic E-state index is 0.827. The molecule has 1 atom stereocenters. The molecule has 0 saturated heterocycles. The second-order valence-corrected chi connectivity index (χ2v) is 4.69. The number of aryl methyl sites for hydroxylation is 1. The number of unbranched alkanes of at least 4 members (excludes halogenated alkanes) is 1. The molecular weight excluding hydrogens is 210 g/mol. The van der Waals surface area contributed by atoms with E-state index in [0.717, 1.165) is 25.6 Å². The van der Waals surface area contributed by atoms with Crippen LogP contribution in [0.1, 0.15) is 52.1 Å². The summed E-state index contributed by atoms with van der Waals surface area (Å²) in [6.07, 6.45) is 7.17. The summed E-state index contributed by atoms with van der Waals surface area (Å²) in [5.74, 6) is 0.827. The fraction of sp³-hybridized carbons (Fsp3) is 0.786. The van der Waals surface area contributed by atoms with Gasteiger partial charge in [0.2, 0.25) is 0 Å². The number of aromatic nitrogens is 2. The lowest BCUT2D eigenvalue weighted by atomic mass is 9.99. The smallest absolute Gasteiger partial charge is 0.0521 e. The molecule has 0 fully saturated rings. The molecule has 0 spiro atoms. The van der Waals surface area contributed by atoms with E-state index < -0.39 is 0 Å². The van der Waals surface area contributed by atoms with E-state index in [4.69, 9.17) is 0 Å². The van der Waals surface area contributed by atoms with Crippen LogP contribution in [-0.2, 0) is 13.1 Å². The Balaban J connectivity index is 2.26. The minimum atomic E-state index is 0.827. The summed E-state index contributed by atoms with van der Waals surface area (Å²) in [4.78, 5) is 0. The maximum Gasteiger partial charge on any atom is 0.0521 e. The molecule has 1 rings (SSSR count). The van der Waals surface area contributed by atoms with Crippen molar-refractivity contribution in [2.75, 3.05) is 6.54 Å². The Morgan fingerprint density at radius 2 is 2.18 bits per heavy atom. The third kappa shape index (κ3) is 4.90. The summed E-state index contributed by atoms with van der Waals surface area (Å²) >= 11 is 0. The summed E-state index contributed by atoms with van der Waals surface area (Å²) in [5, 5.41) is 7.84. The maximum atomic E-state index is 4.28. The zero-order chi connectivity index (χ0) is 12.5. The first kappa shape index (κ1) is 14.2. The van der Waals surface area contributed by atoms with Crippen LogP contribution in [-0.4, -0.2) is 16.3 Å². The zero-order valence-corrected chi connectivity index (χ0v) is 11.6. The van der Waals surface area contributed by atoms with Crippen LogP contribution in [0, 0.1) is 5.92 Å². The molecule has 0 aliphatic carbocycles. The highest BCUT2D eigenvalue weighted by Gasteiger charge is 2.06. The maximum absolute atomic E-state index is 4.28. The van der Waals surface area contributed by atoms with Crippen LogP contribution in [0.3, 0.4) is 0 Å². The van der Waals surface area contributed by atoms with Crippen molar-refractivity contribution in [3.05, 3.63) is 18.0 Å². The van der Waals surface area contributed by atoms with Gasteiger partial charge >= 0.3 is 0 Å². The van der Waals surface area contributed by atoms with Crippen LogP contribution in [0.4, 0.5) is 0 Å². The summed E-state index contributed by atoms with van der Waals surface area (Å²) < 4.78 is 2.06. The molecule has 17 heavy (non-hydrogen) atoms. The molecule has 0 aliphatic heterocycles. The summed E-state index contributed by atoms with van der Waals surface area (Å²) in [6.45, 7) is 9.71. The highest BCUT2D eigenvalue weighted by Crippen LogP contribution is 2.11. The Morgan fingerprint density at radius 3 is 2.82 bits per heavy atom. The largest absolute Gasteiger partial charge is 0.311 e.